The molecule has 0 rings (SSSR count). The molecule has 102 valence electrons. The van der Waals surface area contributed by atoms with Gasteiger partial charge in [-0.3, -0.25) is 25.3 Å². The van der Waals surface area contributed by atoms with Crippen molar-refractivity contribution in [2.75, 3.05) is 0 Å². The average Bonchev–Trinajstić information content (AvgIpc) is 1.41. The van der Waals surface area contributed by atoms with Crippen molar-refractivity contribution in [3.63, 3.8) is 0 Å². The molecule has 0 N–H and O–H groups in total. The van der Waals surface area contributed by atoms with Crippen LogP contribution in [0.5, 0.6) is 0 Å². The first kappa shape index (κ1) is 37.0. The maximum Gasteiger partial charge on any atom is 4.00 e. The quantitative estimate of drug-likeness (QED) is 0.161. The number of hydrogen-bond acceptors (Lipinski definition) is 12. The molecule has 0 fully saturated rings. The average molecular weight is 529 g/mol. The Kier molecular flexibility index (Phi) is 32.2. The number of hydrogen-bond donors (Lipinski definition) is 0. The third-order valence-electron chi connectivity index (χ3n) is 0. The molecule has 0 aromatic heterocycles. The molecular weight excluding hydrogens is 529 g/mol. The molecule has 0 radical (unpaired) electrons. The SMILES string of the molecule is O=S(=O)([O-])[O-].O=S(=O)([O-])[O-].O=S(=O)([O-])[O-].[Na+].[Na+].[Pt+4]. The summed E-state index contributed by atoms with van der Waals surface area (Å²) in [5.74, 6) is 0. The first-order valence-corrected chi connectivity index (χ1v) is 6.00. The van der Waals surface area contributed by atoms with Gasteiger partial charge in [0, 0.05) is 31.2 Å². The van der Waals surface area contributed by atoms with Gasteiger partial charge < -0.3 is 27.3 Å². The molecule has 0 atom stereocenters. The van der Waals surface area contributed by atoms with Gasteiger partial charge in [0.25, 0.3) is 0 Å². The minimum Gasteiger partial charge on any atom is -0.759 e. The van der Waals surface area contributed by atoms with Crippen LogP contribution < -0.4 is 59.1 Å². The molecule has 0 spiro atoms. The van der Waals surface area contributed by atoms with Crippen LogP contribution in [0.4, 0.5) is 0 Å². The Bertz CT molecular complexity index is 346. The largest absolute Gasteiger partial charge is 4.00 e. The van der Waals surface area contributed by atoms with E-state index in [-0.39, 0.29) is 80.2 Å². The summed E-state index contributed by atoms with van der Waals surface area (Å²) in [5, 5.41) is 0. The van der Waals surface area contributed by atoms with Crippen molar-refractivity contribution in [2.24, 2.45) is 0 Å². The summed E-state index contributed by atoms with van der Waals surface area (Å²) in [6.07, 6.45) is 0. The van der Waals surface area contributed by atoms with E-state index >= 15 is 0 Å². The minimum atomic E-state index is -5.17. The van der Waals surface area contributed by atoms with Crippen molar-refractivity contribution >= 4 is 31.2 Å². The Morgan fingerprint density at radius 2 is 0.444 bits per heavy atom. The molecule has 0 saturated carbocycles. The van der Waals surface area contributed by atoms with Crippen LogP contribution in [-0.4, -0.2) is 52.6 Å². The fraction of sp³-hybridized carbons (Fsp3) is 0. The van der Waals surface area contributed by atoms with Gasteiger partial charge in [-0.05, 0) is 0 Å². The molecule has 0 aromatic carbocycles. The summed E-state index contributed by atoms with van der Waals surface area (Å²) in [5.41, 5.74) is 0. The monoisotopic (exact) mass is 529 g/mol. The molecule has 0 aliphatic heterocycles. The Hall–Kier alpha value is 2.30. The van der Waals surface area contributed by atoms with Crippen molar-refractivity contribution < 1.29 is 133 Å². The fourth-order valence-corrected chi connectivity index (χ4v) is 0. The predicted octanol–water partition coefficient (Wildman–Crippen LogP) is -10.0. The summed E-state index contributed by atoms with van der Waals surface area (Å²) >= 11 is 0. The van der Waals surface area contributed by atoms with E-state index in [1.807, 2.05) is 0 Å². The molecule has 18 heteroatoms. The summed E-state index contributed by atoms with van der Waals surface area (Å²) < 4.78 is 102. The Labute approximate surface area is 161 Å². The summed E-state index contributed by atoms with van der Waals surface area (Å²) in [4.78, 5) is 0. The minimum absolute atomic E-state index is 0. The van der Waals surface area contributed by atoms with Crippen LogP contribution in [0.3, 0.4) is 0 Å². The van der Waals surface area contributed by atoms with Gasteiger partial charge in [0.05, 0.1) is 0 Å². The topological polar surface area (TPSA) is 241 Å². The zero-order valence-corrected chi connectivity index (χ0v) is 17.2. The van der Waals surface area contributed by atoms with E-state index in [9.17, 15) is 0 Å². The van der Waals surface area contributed by atoms with Gasteiger partial charge in [-0.25, -0.2) is 0 Å². The van der Waals surface area contributed by atoms with Crippen molar-refractivity contribution in [1.29, 1.82) is 0 Å². The third kappa shape index (κ3) is 1040. The molecule has 0 aliphatic rings. The van der Waals surface area contributed by atoms with E-state index in [2.05, 4.69) is 0 Å². The molecule has 0 bridgehead atoms. The second-order valence-electron chi connectivity index (χ2n) is 1.22. The van der Waals surface area contributed by atoms with Gasteiger partial charge in [-0.1, -0.05) is 0 Å². The molecule has 0 amide bonds. The maximum absolute atomic E-state index is 8.52. The van der Waals surface area contributed by atoms with Gasteiger partial charge >= 0.3 is 80.2 Å². The third-order valence-corrected chi connectivity index (χ3v) is 0. The zero-order chi connectivity index (χ0) is 13.5. The second-order valence-corrected chi connectivity index (χ2v) is 3.67. The van der Waals surface area contributed by atoms with E-state index in [0.29, 0.717) is 0 Å². The van der Waals surface area contributed by atoms with Crippen LogP contribution in [0.2, 0.25) is 0 Å². The van der Waals surface area contributed by atoms with Gasteiger partial charge in [0.2, 0.25) is 0 Å². The fourth-order valence-electron chi connectivity index (χ4n) is 0. The Morgan fingerprint density at radius 1 is 0.444 bits per heavy atom. The van der Waals surface area contributed by atoms with E-state index in [1.54, 1.807) is 0 Å². The van der Waals surface area contributed by atoms with Crippen LogP contribution >= 0.6 is 0 Å². The molecule has 12 nitrogen and oxygen atoms in total. The van der Waals surface area contributed by atoms with Gasteiger partial charge in [0.15, 0.2) is 0 Å². The predicted molar refractivity (Wildman–Crippen MR) is 31.4 cm³/mol. The number of rotatable bonds is 0. The van der Waals surface area contributed by atoms with Crippen molar-refractivity contribution in [3.05, 3.63) is 0 Å². The molecule has 0 unspecified atom stereocenters. The van der Waals surface area contributed by atoms with Gasteiger partial charge in [-0.2, -0.15) is 0 Å². The van der Waals surface area contributed by atoms with Crippen LogP contribution in [0, 0.1) is 0 Å². The second kappa shape index (κ2) is 15.7. The van der Waals surface area contributed by atoms with Crippen molar-refractivity contribution in [2.45, 2.75) is 0 Å². The zero-order valence-electron chi connectivity index (χ0n) is 8.44. The van der Waals surface area contributed by atoms with Crippen LogP contribution in [0.25, 0.3) is 0 Å². The molecule has 0 heterocycles. The molecule has 0 aromatic rings. The van der Waals surface area contributed by atoms with E-state index in [0.717, 1.165) is 0 Å². The van der Waals surface area contributed by atoms with Crippen LogP contribution in [0.1, 0.15) is 0 Å². The van der Waals surface area contributed by atoms with Crippen molar-refractivity contribution in [1.82, 2.24) is 0 Å². The first-order chi connectivity index (χ1) is 6.00. The van der Waals surface area contributed by atoms with Crippen LogP contribution in [-0.2, 0) is 52.3 Å². The van der Waals surface area contributed by atoms with Gasteiger partial charge in [0.1, 0.15) is 0 Å². The molecule has 0 aliphatic carbocycles. The summed E-state index contributed by atoms with van der Waals surface area (Å²) in [6.45, 7) is 0. The molecular formula is Na2O12PtS3. The van der Waals surface area contributed by atoms with Crippen LogP contribution in [0.15, 0.2) is 0 Å². The Balaban J connectivity index is -0.0000000277. The maximum atomic E-state index is 8.52. The first-order valence-electron chi connectivity index (χ1n) is 2.00. The summed E-state index contributed by atoms with van der Waals surface area (Å²) in [7, 11) is -15.5. The van der Waals surface area contributed by atoms with E-state index < -0.39 is 31.2 Å². The smallest absolute Gasteiger partial charge is 0.759 e. The van der Waals surface area contributed by atoms with E-state index in [1.165, 1.54) is 0 Å². The Morgan fingerprint density at radius 3 is 0.444 bits per heavy atom. The summed E-state index contributed by atoms with van der Waals surface area (Å²) in [6, 6.07) is 0. The van der Waals surface area contributed by atoms with E-state index in [4.69, 9.17) is 52.6 Å². The van der Waals surface area contributed by atoms with Gasteiger partial charge in [-0.15, -0.1) is 0 Å². The normalized spacial score (nSPS) is 9.67. The molecule has 0 saturated heterocycles. The standard InChI is InChI=1S/2Na.3H2O4S.Pt/c;;3*1-5(2,3)4;/h;;3*(H2,1,2,3,4);/q2*+1;;;;+4/p-6. The van der Waals surface area contributed by atoms with Crippen molar-refractivity contribution in [3.8, 4) is 0 Å². The molecule has 18 heavy (non-hydrogen) atoms.